The van der Waals surface area contributed by atoms with Crippen LogP contribution in [0.1, 0.15) is 31.7 Å². The highest BCUT2D eigenvalue weighted by atomic mass is 16.4. The molecule has 112 valence electrons. The maximum Gasteiger partial charge on any atom is 0.407 e. The van der Waals surface area contributed by atoms with Crippen LogP contribution in [0.15, 0.2) is 24.3 Å². The van der Waals surface area contributed by atoms with E-state index < -0.39 is 6.09 Å². The molecule has 0 aromatic heterocycles. The molecule has 1 heterocycles. The standard InChI is InChI=1S/C14H19NO3.H3NO/c1-2-14(8-5-9-15(14)13(17)18)10-11-6-3-4-7-12(11)16;1-2/h3-4,6-7,16H,2,5,8-10H2,1H3,(H,17,18);2H,1H2/t14-;/m0./s1. The summed E-state index contributed by atoms with van der Waals surface area (Å²) in [5.74, 6) is 3.75. The Balaban J connectivity index is 0.000000956. The number of phenols is 1. The molecule has 2 rings (SSSR count). The van der Waals surface area contributed by atoms with Gasteiger partial charge in [0.05, 0.1) is 5.54 Å². The Kier molecular flexibility index (Phi) is 5.79. The van der Waals surface area contributed by atoms with Crippen molar-refractivity contribution in [2.24, 2.45) is 5.90 Å². The molecule has 6 nitrogen and oxygen atoms in total. The van der Waals surface area contributed by atoms with Gasteiger partial charge in [-0.1, -0.05) is 25.1 Å². The number of carbonyl (C=O) groups is 1. The molecular formula is C14H22N2O4. The lowest BCUT2D eigenvalue weighted by Gasteiger charge is -2.36. The summed E-state index contributed by atoms with van der Waals surface area (Å²) in [6, 6.07) is 7.17. The average molecular weight is 282 g/mol. The van der Waals surface area contributed by atoms with E-state index >= 15 is 0 Å². The monoisotopic (exact) mass is 282 g/mol. The van der Waals surface area contributed by atoms with Crippen molar-refractivity contribution < 1.29 is 20.2 Å². The Morgan fingerprint density at radius 3 is 2.60 bits per heavy atom. The van der Waals surface area contributed by atoms with Crippen LogP contribution in [0.25, 0.3) is 0 Å². The first-order chi connectivity index (χ1) is 9.59. The molecule has 1 saturated heterocycles. The number of hydrogen-bond acceptors (Lipinski definition) is 4. The fourth-order valence-corrected chi connectivity index (χ4v) is 2.93. The van der Waals surface area contributed by atoms with Gasteiger partial charge in [-0.25, -0.2) is 10.7 Å². The molecule has 0 spiro atoms. The Morgan fingerprint density at radius 2 is 2.05 bits per heavy atom. The van der Waals surface area contributed by atoms with Crippen LogP contribution in [0.2, 0.25) is 0 Å². The Hall–Kier alpha value is -1.79. The van der Waals surface area contributed by atoms with Crippen molar-refractivity contribution in [3.63, 3.8) is 0 Å². The minimum atomic E-state index is -0.857. The first kappa shape index (κ1) is 16.3. The summed E-state index contributed by atoms with van der Waals surface area (Å²) in [6.07, 6.45) is 2.26. The molecule has 0 aliphatic carbocycles. The summed E-state index contributed by atoms with van der Waals surface area (Å²) in [7, 11) is 0. The second kappa shape index (κ2) is 7.12. The van der Waals surface area contributed by atoms with Gasteiger partial charge in [0.1, 0.15) is 5.75 Å². The number of likely N-dealkylation sites (tertiary alicyclic amines) is 1. The number of nitrogens with two attached hydrogens (primary N) is 1. The van der Waals surface area contributed by atoms with Gasteiger partial charge >= 0.3 is 6.09 Å². The van der Waals surface area contributed by atoms with Crippen LogP contribution < -0.4 is 5.90 Å². The number of rotatable bonds is 3. The fourth-order valence-electron chi connectivity index (χ4n) is 2.93. The van der Waals surface area contributed by atoms with E-state index in [-0.39, 0.29) is 11.3 Å². The van der Waals surface area contributed by atoms with E-state index in [9.17, 15) is 15.0 Å². The molecule has 1 amide bonds. The van der Waals surface area contributed by atoms with E-state index in [0.717, 1.165) is 24.8 Å². The Bertz CT molecular complexity index is 453. The predicted octanol–water partition coefficient (Wildman–Crippen LogP) is 2.19. The molecule has 1 atom stereocenters. The number of aromatic hydroxyl groups is 1. The van der Waals surface area contributed by atoms with Crippen molar-refractivity contribution in [3.05, 3.63) is 29.8 Å². The maximum atomic E-state index is 11.3. The lowest BCUT2D eigenvalue weighted by atomic mass is 9.85. The van der Waals surface area contributed by atoms with E-state index in [1.807, 2.05) is 19.1 Å². The largest absolute Gasteiger partial charge is 0.508 e. The zero-order valence-corrected chi connectivity index (χ0v) is 11.6. The van der Waals surface area contributed by atoms with E-state index in [1.165, 1.54) is 0 Å². The van der Waals surface area contributed by atoms with Gasteiger partial charge in [0.2, 0.25) is 0 Å². The molecule has 1 fully saturated rings. The van der Waals surface area contributed by atoms with Crippen molar-refractivity contribution in [2.45, 2.75) is 38.1 Å². The van der Waals surface area contributed by atoms with Gasteiger partial charge in [-0.05, 0) is 37.3 Å². The van der Waals surface area contributed by atoms with Crippen molar-refractivity contribution in [1.29, 1.82) is 0 Å². The number of phenolic OH excluding ortho intramolecular Hbond substituents is 1. The number of hydrogen-bond donors (Lipinski definition) is 4. The summed E-state index contributed by atoms with van der Waals surface area (Å²) in [5, 5.41) is 25.6. The van der Waals surface area contributed by atoms with Crippen LogP contribution >= 0.6 is 0 Å². The number of nitrogens with zero attached hydrogens (tertiary/aromatic N) is 1. The Morgan fingerprint density at radius 1 is 1.40 bits per heavy atom. The molecule has 1 aliphatic rings. The summed E-state index contributed by atoms with van der Waals surface area (Å²) < 4.78 is 0. The quantitative estimate of drug-likeness (QED) is 0.636. The van der Waals surface area contributed by atoms with Crippen molar-refractivity contribution in [3.8, 4) is 5.75 Å². The van der Waals surface area contributed by atoms with Gasteiger partial charge in [0.15, 0.2) is 0 Å². The zero-order chi connectivity index (χ0) is 15.2. The van der Waals surface area contributed by atoms with Gasteiger partial charge < -0.3 is 20.3 Å². The van der Waals surface area contributed by atoms with Crippen LogP contribution in [-0.4, -0.2) is 38.5 Å². The highest BCUT2D eigenvalue weighted by molar-refractivity contribution is 5.67. The van der Waals surface area contributed by atoms with Gasteiger partial charge in [0.25, 0.3) is 0 Å². The topological polar surface area (TPSA) is 107 Å². The lowest BCUT2D eigenvalue weighted by molar-refractivity contribution is 0.0986. The predicted molar refractivity (Wildman–Crippen MR) is 74.8 cm³/mol. The van der Waals surface area contributed by atoms with Crippen molar-refractivity contribution in [1.82, 2.24) is 4.90 Å². The highest BCUT2D eigenvalue weighted by Gasteiger charge is 2.42. The molecule has 1 aromatic carbocycles. The van der Waals surface area contributed by atoms with Crippen molar-refractivity contribution in [2.75, 3.05) is 6.54 Å². The smallest absolute Gasteiger partial charge is 0.407 e. The van der Waals surface area contributed by atoms with E-state index in [2.05, 4.69) is 5.90 Å². The third-order valence-corrected chi connectivity index (χ3v) is 4.00. The second-order valence-corrected chi connectivity index (χ2v) is 4.92. The number of para-hydroxylation sites is 1. The van der Waals surface area contributed by atoms with Crippen LogP contribution in [0, 0.1) is 0 Å². The lowest BCUT2D eigenvalue weighted by Crippen LogP contribution is -2.47. The summed E-state index contributed by atoms with van der Waals surface area (Å²) >= 11 is 0. The molecule has 6 heteroatoms. The zero-order valence-electron chi connectivity index (χ0n) is 11.6. The first-order valence-electron chi connectivity index (χ1n) is 6.62. The second-order valence-electron chi connectivity index (χ2n) is 4.92. The summed E-state index contributed by atoms with van der Waals surface area (Å²) in [5.41, 5.74) is 0.470. The van der Waals surface area contributed by atoms with E-state index in [0.29, 0.717) is 13.0 Å². The minimum absolute atomic E-state index is 0.252. The molecule has 5 N–H and O–H groups in total. The number of amides is 1. The van der Waals surface area contributed by atoms with Crippen LogP contribution in [0.4, 0.5) is 4.79 Å². The molecule has 0 unspecified atom stereocenters. The highest BCUT2D eigenvalue weighted by Crippen LogP contribution is 2.37. The van der Waals surface area contributed by atoms with Gasteiger partial charge in [-0.15, -0.1) is 0 Å². The molecule has 1 aliphatic heterocycles. The van der Waals surface area contributed by atoms with Crippen LogP contribution in [0.5, 0.6) is 5.75 Å². The molecular weight excluding hydrogens is 260 g/mol. The average Bonchev–Trinajstić information content (AvgIpc) is 2.88. The molecule has 0 radical (unpaired) electrons. The third kappa shape index (κ3) is 3.20. The summed E-state index contributed by atoms with van der Waals surface area (Å²) in [4.78, 5) is 12.9. The van der Waals surface area contributed by atoms with Gasteiger partial charge in [-0.2, -0.15) is 0 Å². The SMILES string of the molecule is CC[C@@]1(Cc2ccccc2O)CCCN1C(=O)O.NO. The normalized spacial score (nSPS) is 21.2. The molecule has 20 heavy (non-hydrogen) atoms. The third-order valence-electron chi connectivity index (χ3n) is 4.00. The number of benzene rings is 1. The first-order valence-corrected chi connectivity index (χ1v) is 6.62. The molecule has 0 bridgehead atoms. The fraction of sp³-hybridized carbons (Fsp3) is 0.500. The van der Waals surface area contributed by atoms with Crippen LogP contribution in [0.3, 0.4) is 0 Å². The summed E-state index contributed by atoms with van der Waals surface area (Å²) in [6.45, 7) is 2.61. The minimum Gasteiger partial charge on any atom is -0.508 e. The maximum absolute atomic E-state index is 11.3. The van der Waals surface area contributed by atoms with E-state index in [4.69, 9.17) is 5.21 Å². The molecule has 0 saturated carbocycles. The molecule has 1 aromatic rings. The van der Waals surface area contributed by atoms with Crippen molar-refractivity contribution >= 4 is 6.09 Å². The van der Waals surface area contributed by atoms with Gasteiger partial charge in [-0.3, -0.25) is 0 Å². The van der Waals surface area contributed by atoms with Gasteiger partial charge in [0, 0.05) is 6.54 Å². The van der Waals surface area contributed by atoms with E-state index in [1.54, 1.807) is 17.0 Å². The number of carboxylic acid groups (broad SMARTS) is 1. The Labute approximate surface area is 118 Å². The van der Waals surface area contributed by atoms with Crippen LogP contribution in [-0.2, 0) is 6.42 Å².